The van der Waals surface area contributed by atoms with Crippen LogP contribution in [-0.4, -0.2) is 36.5 Å². The number of hydrogen-bond acceptors (Lipinski definition) is 5. The molecule has 1 N–H and O–H groups in total. The normalized spacial score (nSPS) is 25.9. The number of carboxylic acid groups (broad SMARTS) is 1. The lowest BCUT2D eigenvalue weighted by atomic mass is 9.72. The van der Waals surface area contributed by atoms with Crippen LogP contribution in [0, 0.1) is 11.8 Å². The molecule has 0 saturated carbocycles. The molecule has 0 amide bonds. The van der Waals surface area contributed by atoms with Gasteiger partial charge in [-0.1, -0.05) is 32.9 Å². The molecule has 33 heavy (non-hydrogen) atoms. The summed E-state index contributed by atoms with van der Waals surface area (Å²) in [6.45, 7) is 10.6. The molecule has 1 saturated heterocycles. The minimum absolute atomic E-state index is 0.0543. The number of carboxylic acids is 1. The van der Waals surface area contributed by atoms with E-state index < -0.39 is 23.6 Å². The predicted molar refractivity (Wildman–Crippen MR) is 125 cm³/mol. The van der Waals surface area contributed by atoms with Crippen LogP contribution in [0.4, 0.5) is 0 Å². The zero-order chi connectivity index (χ0) is 24.0. The zero-order valence-electron chi connectivity index (χ0n) is 20.3. The molecule has 1 fully saturated rings. The van der Waals surface area contributed by atoms with Crippen molar-refractivity contribution in [1.29, 1.82) is 0 Å². The molecular weight excluding hydrogens is 420 g/mol. The monoisotopic (exact) mass is 454 g/mol. The van der Waals surface area contributed by atoms with E-state index >= 15 is 0 Å². The average Bonchev–Trinajstić information content (AvgIpc) is 2.76. The van der Waals surface area contributed by atoms with Gasteiger partial charge < -0.3 is 24.1 Å². The lowest BCUT2D eigenvalue weighted by Crippen LogP contribution is -2.53. The number of ether oxygens (including phenoxy) is 4. The van der Waals surface area contributed by atoms with Crippen LogP contribution in [0.1, 0.15) is 58.3 Å². The topological polar surface area (TPSA) is 74.2 Å². The third kappa shape index (κ3) is 4.67. The van der Waals surface area contributed by atoms with Crippen molar-refractivity contribution in [2.45, 2.75) is 64.3 Å². The molecule has 0 radical (unpaired) electrons. The SMILES string of the molecule is COc1ccc2c(c1)[C@H]1O[C@@H](COc3ccc(C(C)(C)C)cc3)[C@H](C(=O)O)C[C@@H]1C(C)(C)O2. The molecule has 2 aliphatic rings. The quantitative estimate of drug-likeness (QED) is 0.653. The summed E-state index contributed by atoms with van der Waals surface area (Å²) in [4.78, 5) is 12.2. The van der Waals surface area contributed by atoms with Crippen LogP contribution in [0.25, 0.3) is 0 Å². The molecule has 0 aromatic heterocycles. The zero-order valence-corrected chi connectivity index (χ0v) is 20.3. The van der Waals surface area contributed by atoms with Crippen molar-refractivity contribution in [3.8, 4) is 17.2 Å². The molecule has 6 heteroatoms. The first-order chi connectivity index (χ1) is 15.5. The van der Waals surface area contributed by atoms with E-state index in [0.717, 1.165) is 11.3 Å². The second kappa shape index (κ2) is 8.56. The number of rotatable bonds is 5. The van der Waals surface area contributed by atoms with Gasteiger partial charge in [-0.25, -0.2) is 0 Å². The van der Waals surface area contributed by atoms with Crippen molar-refractivity contribution < 1.29 is 28.8 Å². The maximum absolute atomic E-state index is 12.2. The Morgan fingerprint density at radius 1 is 1.12 bits per heavy atom. The fourth-order valence-corrected chi connectivity index (χ4v) is 4.84. The number of benzene rings is 2. The van der Waals surface area contributed by atoms with Crippen molar-refractivity contribution >= 4 is 5.97 Å². The molecule has 6 nitrogen and oxygen atoms in total. The van der Waals surface area contributed by atoms with E-state index in [9.17, 15) is 9.90 Å². The van der Waals surface area contributed by atoms with Crippen LogP contribution in [-0.2, 0) is 14.9 Å². The Morgan fingerprint density at radius 2 is 1.79 bits per heavy atom. The number of hydrogen-bond donors (Lipinski definition) is 1. The number of carbonyl (C=O) groups is 1. The van der Waals surface area contributed by atoms with Crippen LogP contribution in [0.5, 0.6) is 17.2 Å². The summed E-state index contributed by atoms with van der Waals surface area (Å²) in [5.41, 5.74) is 1.60. The summed E-state index contributed by atoms with van der Waals surface area (Å²) in [5.74, 6) is 0.486. The maximum atomic E-state index is 12.2. The molecule has 2 aromatic rings. The van der Waals surface area contributed by atoms with Gasteiger partial charge in [0, 0.05) is 11.5 Å². The molecule has 2 aromatic carbocycles. The summed E-state index contributed by atoms with van der Waals surface area (Å²) >= 11 is 0. The minimum atomic E-state index is -0.877. The standard InChI is InChI=1S/C27H34O6/c1-26(2,3)16-7-9-17(10-8-16)31-15-23-20(25(28)29)14-21-24(32-23)19-13-18(30-6)11-12-22(19)33-27(21,4)5/h7-13,20-21,23-24H,14-15H2,1-6H3,(H,28,29)/t20-,21+,23+,24-/m1/s1. The highest BCUT2D eigenvalue weighted by atomic mass is 16.6. The second-order valence-electron chi connectivity index (χ2n) is 10.6. The van der Waals surface area contributed by atoms with E-state index in [4.69, 9.17) is 18.9 Å². The molecule has 2 aliphatic heterocycles. The van der Waals surface area contributed by atoms with Gasteiger partial charge in [0.2, 0.25) is 0 Å². The van der Waals surface area contributed by atoms with E-state index in [1.807, 2.05) is 56.3 Å². The minimum Gasteiger partial charge on any atom is -0.497 e. The van der Waals surface area contributed by atoms with Gasteiger partial charge >= 0.3 is 5.97 Å². The van der Waals surface area contributed by atoms with Crippen LogP contribution in [0.2, 0.25) is 0 Å². The van der Waals surface area contributed by atoms with Gasteiger partial charge in [-0.3, -0.25) is 4.79 Å². The molecule has 0 unspecified atom stereocenters. The fraction of sp³-hybridized carbons (Fsp3) is 0.519. The van der Waals surface area contributed by atoms with Crippen LogP contribution in [0.3, 0.4) is 0 Å². The highest BCUT2D eigenvalue weighted by molar-refractivity contribution is 5.71. The summed E-state index contributed by atoms with van der Waals surface area (Å²) in [6, 6.07) is 13.6. The Balaban J connectivity index is 1.58. The van der Waals surface area contributed by atoms with Gasteiger partial charge in [-0.05, 0) is 61.6 Å². The molecule has 4 atom stereocenters. The van der Waals surface area contributed by atoms with Gasteiger partial charge in [0.1, 0.15) is 35.6 Å². The Morgan fingerprint density at radius 3 is 2.39 bits per heavy atom. The van der Waals surface area contributed by atoms with Crippen LogP contribution < -0.4 is 14.2 Å². The maximum Gasteiger partial charge on any atom is 0.309 e. The first kappa shape index (κ1) is 23.4. The van der Waals surface area contributed by atoms with Crippen molar-refractivity contribution in [2.75, 3.05) is 13.7 Å². The van der Waals surface area contributed by atoms with E-state index in [1.54, 1.807) is 7.11 Å². The van der Waals surface area contributed by atoms with Gasteiger partial charge in [-0.2, -0.15) is 0 Å². The predicted octanol–water partition coefficient (Wildman–Crippen LogP) is 5.39. The van der Waals surface area contributed by atoms with Crippen molar-refractivity contribution in [1.82, 2.24) is 0 Å². The summed E-state index contributed by atoms with van der Waals surface area (Å²) in [7, 11) is 1.62. The highest BCUT2D eigenvalue weighted by Crippen LogP contribution is 2.52. The Hall–Kier alpha value is -2.73. The van der Waals surface area contributed by atoms with Crippen molar-refractivity contribution in [2.24, 2.45) is 11.8 Å². The van der Waals surface area contributed by atoms with Gasteiger partial charge in [0.15, 0.2) is 0 Å². The molecular formula is C27H34O6. The third-order valence-corrected chi connectivity index (χ3v) is 6.88. The summed E-state index contributed by atoms with van der Waals surface area (Å²) in [6.07, 6.45) is -0.439. The van der Waals surface area contributed by atoms with Gasteiger partial charge in [0.05, 0.1) is 19.1 Å². The Bertz CT molecular complexity index is 1000. The van der Waals surface area contributed by atoms with Crippen molar-refractivity contribution in [3.63, 3.8) is 0 Å². The van der Waals surface area contributed by atoms with Gasteiger partial charge in [-0.15, -0.1) is 0 Å². The first-order valence-corrected chi connectivity index (χ1v) is 11.5. The molecule has 178 valence electrons. The van der Waals surface area contributed by atoms with E-state index in [1.165, 1.54) is 5.56 Å². The van der Waals surface area contributed by atoms with Crippen LogP contribution >= 0.6 is 0 Å². The van der Waals surface area contributed by atoms with E-state index in [0.29, 0.717) is 17.9 Å². The molecule has 4 rings (SSSR count). The van der Waals surface area contributed by atoms with Crippen LogP contribution in [0.15, 0.2) is 42.5 Å². The fourth-order valence-electron chi connectivity index (χ4n) is 4.84. The number of fused-ring (bicyclic) bond motifs is 3. The van der Waals surface area contributed by atoms with Gasteiger partial charge in [0.25, 0.3) is 0 Å². The summed E-state index contributed by atoms with van der Waals surface area (Å²) < 4.78 is 24.2. The van der Waals surface area contributed by atoms with E-state index in [-0.39, 0.29) is 24.0 Å². The van der Waals surface area contributed by atoms with E-state index in [2.05, 4.69) is 20.8 Å². The third-order valence-electron chi connectivity index (χ3n) is 6.88. The molecule has 2 heterocycles. The molecule has 0 aliphatic carbocycles. The Labute approximate surface area is 195 Å². The largest absolute Gasteiger partial charge is 0.497 e. The Kier molecular flexibility index (Phi) is 6.08. The average molecular weight is 455 g/mol. The summed E-state index contributed by atoms with van der Waals surface area (Å²) in [5, 5.41) is 9.97. The smallest absolute Gasteiger partial charge is 0.309 e. The number of aliphatic carboxylic acids is 1. The molecule has 0 spiro atoms. The highest BCUT2D eigenvalue weighted by Gasteiger charge is 2.52. The number of methoxy groups -OCH3 is 1. The second-order valence-corrected chi connectivity index (χ2v) is 10.6. The first-order valence-electron chi connectivity index (χ1n) is 11.5. The molecule has 0 bridgehead atoms. The lowest BCUT2D eigenvalue weighted by molar-refractivity contribution is -0.192. The van der Waals surface area contributed by atoms with Crippen molar-refractivity contribution in [3.05, 3.63) is 53.6 Å². The lowest BCUT2D eigenvalue weighted by Gasteiger charge is -2.50.